The van der Waals surface area contributed by atoms with Crippen molar-refractivity contribution < 1.29 is 4.79 Å². The zero-order valence-corrected chi connectivity index (χ0v) is 7.84. The second-order valence-electron chi connectivity index (χ2n) is 2.86. The molecule has 2 fully saturated rings. The second kappa shape index (κ2) is 3.27. The van der Waals surface area contributed by atoms with Crippen LogP contribution in [0.1, 0.15) is 12.8 Å². The quantitative estimate of drug-likeness (QED) is 0.704. The Balaban J connectivity index is 1.77. The van der Waals surface area contributed by atoms with Gasteiger partial charge in [0, 0.05) is 17.5 Å². The minimum Gasteiger partial charge on any atom is -0.352 e. The standard InChI is InChI=1S/C7H11NOS2/c9-6(8-5-1-2-5)7-10-3-4-11-7/h5,7H,1-4H2,(H,8,9). The van der Waals surface area contributed by atoms with Gasteiger partial charge in [-0.25, -0.2) is 0 Å². The number of thioether (sulfide) groups is 2. The molecule has 2 aliphatic rings. The highest BCUT2D eigenvalue weighted by molar-refractivity contribution is 8.21. The van der Waals surface area contributed by atoms with Crippen LogP contribution in [-0.4, -0.2) is 28.0 Å². The summed E-state index contributed by atoms with van der Waals surface area (Å²) in [7, 11) is 0. The van der Waals surface area contributed by atoms with Crippen molar-refractivity contribution in [2.45, 2.75) is 23.5 Å². The fourth-order valence-electron chi connectivity index (χ4n) is 1.01. The van der Waals surface area contributed by atoms with Gasteiger partial charge in [0.05, 0.1) is 0 Å². The van der Waals surface area contributed by atoms with Crippen LogP contribution in [0.15, 0.2) is 0 Å². The van der Waals surface area contributed by atoms with Gasteiger partial charge in [-0.15, -0.1) is 23.5 Å². The van der Waals surface area contributed by atoms with Crippen molar-refractivity contribution >= 4 is 29.4 Å². The molecular weight excluding hydrogens is 178 g/mol. The van der Waals surface area contributed by atoms with Crippen molar-refractivity contribution in [1.29, 1.82) is 0 Å². The monoisotopic (exact) mass is 189 g/mol. The van der Waals surface area contributed by atoms with Crippen molar-refractivity contribution in [3.63, 3.8) is 0 Å². The molecule has 0 aromatic carbocycles. The fraction of sp³-hybridized carbons (Fsp3) is 0.857. The van der Waals surface area contributed by atoms with Crippen LogP contribution in [0.5, 0.6) is 0 Å². The molecule has 1 amide bonds. The van der Waals surface area contributed by atoms with Gasteiger partial charge in [-0.1, -0.05) is 0 Å². The average Bonchev–Trinajstić information content (AvgIpc) is 2.67. The van der Waals surface area contributed by atoms with Gasteiger partial charge in [0.15, 0.2) is 0 Å². The molecular formula is C7H11NOS2. The van der Waals surface area contributed by atoms with Crippen LogP contribution in [0.2, 0.25) is 0 Å². The Bertz CT molecular complexity index is 164. The van der Waals surface area contributed by atoms with Crippen molar-refractivity contribution in [3.05, 3.63) is 0 Å². The maximum absolute atomic E-state index is 11.3. The second-order valence-corrected chi connectivity index (χ2v) is 5.58. The molecule has 0 aromatic rings. The van der Waals surface area contributed by atoms with Crippen LogP contribution < -0.4 is 5.32 Å². The van der Waals surface area contributed by atoms with Gasteiger partial charge < -0.3 is 5.32 Å². The van der Waals surface area contributed by atoms with Gasteiger partial charge in [0.1, 0.15) is 4.58 Å². The topological polar surface area (TPSA) is 29.1 Å². The summed E-state index contributed by atoms with van der Waals surface area (Å²) in [5.74, 6) is 2.51. The predicted octanol–water partition coefficient (Wildman–Crippen LogP) is 1.07. The first-order valence-corrected chi connectivity index (χ1v) is 5.99. The molecule has 4 heteroatoms. The number of carbonyl (C=O) groups excluding carboxylic acids is 1. The van der Waals surface area contributed by atoms with E-state index in [-0.39, 0.29) is 10.5 Å². The molecule has 1 aliphatic heterocycles. The number of hydrogen-bond donors (Lipinski definition) is 1. The molecule has 1 N–H and O–H groups in total. The fourth-order valence-corrected chi connectivity index (χ4v) is 3.61. The number of rotatable bonds is 2. The lowest BCUT2D eigenvalue weighted by atomic mass is 10.6. The number of amides is 1. The van der Waals surface area contributed by atoms with E-state index in [0.29, 0.717) is 6.04 Å². The van der Waals surface area contributed by atoms with Crippen molar-refractivity contribution in [1.82, 2.24) is 5.32 Å². The first-order valence-electron chi connectivity index (χ1n) is 3.90. The van der Waals surface area contributed by atoms with Gasteiger partial charge in [0.25, 0.3) is 0 Å². The Kier molecular flexibility index (Phi) is 2.32. The lowest BCUT2D eigenvalue weighted by Crippen LogP contribution is -2.31. The van der Waals surface area contributed by atoms with E-state index in [9.17, 15) is 4.79 Å². The summed E-state index contributed by atoms with van der Waals surface area (Å²) in [6.45, 7) is 0. The van der Waals surface area contributed by atoms with Gasteiger partial charge in [-0.3, -0.25) is 4.79 Å². The maximum atomic E-state index is 11.3. The highest BCUT2D eigenvalue weighted by Crippen LogP contribution is 2.32. The SMILES string of the molecule is O=C(NC1CC1)C1SCCS1. The first-order chi connectivity index (χ1) is 5.36. The third kappa shape index (κ3) is 2.06. The zero-order chi connectivity index (χ0) is 7.68. The normalized spacial score (nSPS) is 25.5. The molecule has 1 aliphatic carbocycles. The molecule has 1 heterocycles. The number of carbonyl (C=O) groups is 1. The van der Waals surface area contributed by atoms with Crippen molar-refractivity contribution in [2.24, 2.45) is 0 Å². The van der Waals surface area contributed by atoms with E-state index in [0.717, 1.165) is 11.5 Å². The summed E-state index contributed by atoms with van der Waals surface area (Å²) in [6.07, 6.45) is 2.38. The Labute approximate surface area is 74.9 Å². The molecule has 2 nitrogen and oxygen atoms in total. The molecule has 1 saturated heterocycles. The summed E-state index contributed by atoms with van der Waals surface area (Å²) >= 11 is 3.54. The summed E-state index contributed by atoms with van der Waals surface area (Å²) < 4.78 is 0.190. The molecule has 2 rings (SSSR count). The minimum atomic E-state index is 0.190. The van der Waals surface area contributed by atoms with E-state index in [1.165, 1.54) is 12.8 Å². The molecule has 0 spiro atoms. The van der Waals surface area contributed by atoms with E-state index in [4.69, 9.17) is 0 Å². The van der Waals surface area contributed by atoms with Gasteiger partial charge in [0.2, 0.25) is 5.91 Å². The van der Waals surface area contributed by atoms with E-state index in [1.54, 1.807) is 23.5 Å². The third-order valence-corrected chi connectivity index (χ3v) is 4.75. The lowest BCUT2D eigenvalue weighted by molar-refractivity contribution is -0.119. The molecule has 0 unspecified atom stereocenters. The third-order valence-electron chi connectivity index (χ3n) is 1.76. The first kappa shape index (κ1) is 7.80. The highest BCUT2D eigenvalue weighted by Gasteiger charge is 2.29. The molecule has 0 aromatic heterocycles. The molecule has 0 radical (unpaired) electrons. The molecule has 0 bridgehead atoms. The Morgan fingerprint density at radius 1 is 1.27 bits per heavy atom. The number of nitrogens with one attached hydrogen (secondary N) is 1. The van der Waals surface area contributed by atoms with Crippen molar-refractivity contribution in [3.8, 4) is 0 Å². The number of hydrogen-bond acceptors (Lipinski definition) is 3. The summed E-state index contributed by atoms with van der Waals surface area (Å²) in [4.78, 5) is 11.3. The van der Waals surface area contributed by atoms with E-state index in [2.05, 4.69) is 5.32 Å². The van der Waals surface area contributed by atoms with Gasteiger partial charge >= 0.3 is 0 Å². The Hall–Kier alpha value is 0.170. The van der Waals surface area contributed by atoms with Crippen LogP contribution >= 0.6 is 23.5 Å². The maximum Gasteiger partial charge on any atom is 0.243 e. The van der Waals surface area contributed by atoms with Gasteiger partial charge in [-0.2, -0.15) is 0 Å². The summed E-state index contributed by atoms with van der Waals surface area (Å²) in [5, 5.41) is 3.02. The average molecular weight is 189 g/mol. The minimum absolute atomic E-state index is 0.190. The smallest absolute Gasteiger partial charge is 0.243 e. The van der Waals surface area contributed by atoms with E-state index < -0.39 is 0 Å². The highest BCUT2D eigenvalue weighted by atomic mass is 32.2. The van der Waals surface area contributed by atoms with Gasteiger partial charge in [-0.05, 0) is 12.8 Å². The van der Waals surface area contributed by atoms with Crippen LogP contribution in [0, 0.1) is 0 Å². The summed E-state index contributed by atoms with van der Waals surface area (Å²) in [5.41, 5.74) is 0. The molecule has 11 heavy (non-hydrogen) atoms. The van der Waals surface area contributed by atoms with Crippen LogP contribution in [0.25, 0.3) is 0 Å². The Morgan fingerprint density at radius 2 is 1.91 bits per heavy atom. The van der Waals surface area contributed by atoms with Crippen LogP contribution in [-0.2, 0) is 4.79 Å². The van der Waals surface area contributed by atoms with E-state index >= 15 is 0 Å². The summed E-state index contributed by atoms with van der Waals surface area (Å²) in [6, 6.07) is 0.518. The molecule has 62 valence electrons. The molecule has 0 atom stereocenters. The zero-order valence-electron chi connectivity index (χ0n) is 6.21. The Morgan fingerprint density at radius 3 is 2.45 bits per heavy atom. The van der Waals surface area contributed by atoms with Crippen molar-refractivity contribution in [2.75, 3.05) is 11.5 Å². The van der Waals surface area contributed by atoms with Crippen LogP contribution in [0.3, 0.4) is 0 Å². The van der Waals surface area contributed by atoms with E-state index in [1.807, 2.05) is 0 Å². The predicted molar refractivity (Wildman–Crippen MR) is 49.9 cm³/mol. The largest absolute Gasteiger partial charge is 0.352 e. The molecule has 1 saturated carbocycles. The lowest BCUT2D eigenvalue weighted by Gasteiger charge is -2.07. The van der Waals surface area contributed by atoms with Crippen LogP contribution in [0.4, 0.5) is 0 Å².